The molecule has 1 fully saturated rings. The molecule has 2 heterocycles. The molecule has 0 saturated carbocycles. The predicted molar refractivity (Wildman–Crippen MR) is 119 cm³/mol. The van der Waals surface area contributed by atoms with Crippen molar-refractivity contribution in [1.29, 1.82) is 0 Å². The highest BCUT2D eigenvalue weighted by Crippen LogP contribution is 2.30. The zero-order valence-electron chi connectivity index (χ0n) is 16.9. The molecule has 6 heteroatoms. The van der Waals surface area contributed by atoms with Crippen LogP contribution in [0.2, 0.25) is 0 Å². The summed E-state index contributed by atoms with van der Waals surface area (Å²) in [5, 5.41) is 8.32. The van der Waals surface area contributed by atoms with Gasteiger partial charge in [-0.05, 0) is 53.4 Å². The van der Waals surface area contributed by atoms with Crippen molar-refractivity contribution in [2.24, 2.45) is 0 Å². The van der Waals surface area contributed by atoms with Crippen molar-refractivity contribution in [1.82, 2.24) is 10.2 Å². The number of amides is 3. The highest BCUT2D eigenvalue weighted by atomic mass is 16.2. The molecule has 5 rings (SSSR count). The van der Waals surface area contributed by atoms with Gasteiger partial charge < -0.3 is 10.6 Å². The molecule has 6 nitrogen and oxygen atoms in total. The van der Waals surface area contributed by atoms with Gasteiger partial charge in [-0.15, -0.1) is 0 Å². The number of carbonyl (C=O) groups is 3. The van der Waals surface area contributed by atoms with E-state index in [-0.39, 0.29) is 5.91 Å². The van der Waals surface area contributed by atoms with Crippen LogP contribution in [0.4, 0.5) is 5.69 Å². The number of rotatable bonds is 4. The van der Waals surface area contributed by atoms with Crippen molar-refractivity contribution < 1.29 is 14.4 Å². The Bertz CT molecular complexity index is 1260. The number of fused-ring (bicyclic) bond motifs is 2. The van der Waals surface area contributed by atoms with E-state index in [2.05, 4.69) is 47.5 Å². The summed E-state index contributed by atoms with van der Waals surface area (Å²) in [6.45, 7) is 4.33. The summed E-state index contributed by atoms with van der Waals surface area (Å²) in [7, 11) is 0. The zero-order valence-corrected chi connectivity index (χ0v) is 16.9. The van der Waals surface area contributed by atoms with Crippen LogP contribution in [-0.4, -0.2) is 28.7 Å². The van der Waals surface area contributed by atoms with Crippen molar-refractivity contribution in [2.45, 2.75) is 25.4 Å². The van der Waals surface area contributed by atoms with Crippen LogP contribution < -0.4 is 10.6 Å². The van der Waals surface area contributed by atoms with E-state index in [1.165, 1.54) is 10.8 Å². The maximum absolute atomic E-state index is 13.0. The summed E-state index contributed by atoms with van der Waals surface area (Å²) in [4.78, 5) is 39.2. The summed E-state index contributed by atoms with van der Waals surface area (Å²) in [5.41, 5.74) is 3.13. The van der Waals surface area contributed by atoms with Gasteiger partial charge in [0.2, 0.25) is 5.91 Å². The molecule has 3 aromatic carbocycles. The Kier molecular flexibility index (Phi) is 4.55. The lowest BCUT2D eigenvalue weighted by Gasteiger charge is -2.29. The lowest BCUT2D eigenvalue weighted by atomic mass is 10.0. The van der Waals surface area contributed by atoms with Crippen molar-refractivity contribution in [3.63, 3.8) is 0 Å². The summed E-state index contributed by atoms with van der Waals surface area (Å²) in [6.07, 6.45) is 0.936. The van der Waals surface area contributed by atoms with Gasteiger partial charge in [0.15, 0.2) is 0 Å². The van der Waals surface area contributed by atoms with Gasteiger partial charge in [0, 0.05) is 17.9 Å². The lowest BCUT2D eigenvalue weighted by molar-refractivity contribution is -0.125. The number of piperidine rings is 1. The van der Waals surface area contributed by atoms with E-state index in [9.17, 15) is 14.4 Å². The van der Waals surface area contributed by atoms with Crippen LogP contribution in [-0.2, 0) is 11.3 Å². The molecule has 2 aliphatic heterocycles. The summed E-state index contributed by atoms with van der Waals surface area (Å²) in [5.74, 6) is -1.21. The average Bonchev–Trinajstić information content (AvgIpc) is 3.02. The first kappa shape index (κ1) is 19.1. The molecule has 1 unspecified atom stereocenters. The van der Waals surface area contributed by atoms with Crippen molar-refractivity contribution >= 4 is 34.2 Å². The number of carbonyl (C=O) groups excluding carboxylic acids is 3. The van der Waals surface area contributed by atoms with Gasteiger partial charge in [-0.1, -0.05) is 43.0 Å². The fourth-order valence-corrected chi connectivity index (χ4v) is 4.21. The van der Waals surface area contributed by atoms with E-state index in [0.29, 0.717) is 36.2 Å². The minimum absolute atomic E-state index is 0.325. The second-order valence-electron chi connectivity index (χ2n) is 7.92. The van der Waals surface area contributed by atoms with E-state index >= 15 is 0 Å². The van der Waals surface area contributed by atoms with Crippen LogP contribution in [0, 0.1) is 0 Å². The van der Waals surface area contributed by atoms with Gasteiger partial charge >= 0.3 is 0 Å². The molecule has 3 amide bonds. The number of imide groups is 1. The third-order valence-electron chi connectivity index (χ3n) is 5.86. The molecule has 2 aliphatic rings. The lowest BCUT2D eigenvalue weighted by Crippen LogP contribution is -2.51. The molecular formula is C25H21N3O3. The monoisotopic (exact) mass is 411 g/mol. The second-order valence-corrected chi connectivity index (χ2v) is 7.92. The SMILES string of the molecule is C=C1CCC(N2C(=O)c3ccc(NCc4ccc5ccccc5c4)cc3C2=O)C(=O)N1. The molecule has 0 spiro atoms. The Morgan fingerprint density at radius 1 is 0.935 bits per heavy atom. The molecule has 0 aromatic heterocycles. The number of allylic oxidation sites excluding steroid dienone is 1. The van der Waals surface area contributed by atoms with E-state index in [1.807, 2.05) is 12.1 Å². The van der Waals surface area contributed by atoms with Crippen molar-refractivity contribution in [3.05, 3.63) is 89.6 Å². The normalized spacial score (nSPS) is 18.3. The minimum atomic E-state index is -0.799. The number of benzene rings is 3. The third kappa shape index (κ3) is 3.36. The Labute approximate surface area is 179 Å². The Morgan fingerprint density at radius 3 is 2.52 bits per heavy atom. The highest BCUT2D eigenvalue weighted by Gasteiger charge is 2.43. The molecule has 0 radical (unpaired) electrons. The first-order valence-corrected chi connectivity index (χ1v) is 10.2. The maximum atomic E-state index is 13.0. The average molecular weight is 411 g/mol. The smallest absolute Gasteiger partial charge is 0.262 e. The Hall–Kier alpha value is -3.93. The molecule has 2 N–H and O–H groups in total. The van der Waals surface area contributed by atoms with Gasteiger partial charge in [0.05, 0.1) is 11.1 Å². The summed E-state index contributed by atoms with van der Waals surface area (Å²) >= 11 is 0. The van der Waals surface area contributed by atoms with Gasteiger partial charge in [0.25, 0.3) is 11.8 Å². The van der Waals surface area contributed by atoms with Crippen LogP contribution in [0.1, 0.15) is 39.1 Å². The number of hydrogen-bond acceptors (Lipinski definition) is 4. The first-order valence-electron chi connectivity index (χ1n) is 10.2. The first-order chi connectivity index (χ1) is 15.0. The number of nitrogens with zero attached hydrogens (tertiary/aromatic N) is 1. The molecule has 0 aliphatic carbocycles. The molecule has 0 bridgehead atoms. The predicted octanol–water partition coefficient (Wildman–Crippen LogP) is 3.84. The maximum Gasteiger partial charge on any atom is 0.262 e. The van der Waals surface area contributed by atoms with Gasteiger partial charge in [-0.25, -0.2) is 0 Å². The van der Waals surface area contributed by atoms with E-state index in [0.717, 1.165) is 16.2 Å². The van der Waals surface area contributed by atoms with Gasteiger partial charge in [0.1, 0.15) is 6.04 Å². The van der Waals surface area contributed by atoms with E-state index in [1.54, 1.807) is 18.2 Å². The zero-order chi connectivity index (χ0) is 21.5. The third-order valence-corrected chi connectivity index (χ3v) is 5.86. The fraction of sp³-hybridized carbons (Fsp3) is 0.160. The van der Waals surface area contributed by atoms with Crippen LogP contribution in [0.25, 0.3) is 10.8 Å². The molecule has 3 aromatic rings. The topological polar surface area (TPSA) is 78.5 Å². The van der Waals surface area contributed by atoms with Crippen molar-refractivity contribution in [3.8, 4) is 0 Å². The summed E-state index contributed by atoms with van der Waals surface area (Å²) in [6, 6.07) is 18.8. The van der Waals surface area contributed by atoms with Crippen LogP contribution >= 0.6 is 0 Å². The van der Waals surface area contributed by atoms with Crippen molar-refractivity contribution in [2.75, 3.05) is 5.32 Å². The molecule has 1 saturated heterocycles. The van der Waals surface area contributed by atoms with Gasteiger partial charge in [-0.3, -0.25) is 19.3 Å². The Balaban J connectivity index is 1.35. The summed E-state index contributed by atoms with van der Waals surface area (Å²) < 4.78 is 0. The quantitative estimate of drug-likeness (QED) is 0.640. The van der Waals surface area contributed by atoms with Crippen LogP contribution in [0.3, 0.4) is 0 Å². The highest BCUT2D eigenvalue weighted by molar-refractivity contribution is 6.23. The standard InChI is InChI=1S/C25H21N3O3/c1-15-6-11-22(23(29)27-15)28-24(30)20-10-9-19(13-21(20)25(28)31)26-14-16-7-8-17-4-2-3-5-18(17)12-16/h2-5,7-10,12-13,22,26H,1,6,11,14H2,(H,27,29). The minimum Gasteiger partial charge on any atom is -0.381 e. The Morgan fingerprint density at radius 2 is 1.71 bits per heavy atom. The fourth-order valence-electron chi connectivity index (χ4n) is 4.21. The largest absolute Gasteiger partial charge is 0.381 e. The molecule has 31 heavy (non-hydrogen) atoms. The molecule has 1 atom stereocenters. The number of nitrogens with one attached hydrogen (secondary N) is 2. The van der Waals surface area contributed by atoms with Gasteiger partial charge in [-0.2, -0.15) is 0 Å². The van der Waals surface area contributed by atoms with E-state index in [4.69, 9.17) is 0 Å². The van der Waals surface area contributed by atoms with Crippen LogP contribution in [0.5, 0.6) is 0 Å². The second kappa shape index (κ2) is 7.40. The molecular weight excluding hydrogens is 390 g/mol. The number of hydrogen-bond donors (Lipinski definition) is 2. The van der Waals surface area contributed by atoms with E-state index < -0.39 is 17.9 Å². The van der Waals surface area contributed by atoms with Crippen LogP contribution in [0.15, 0.2) is 72.9 Å². The number of anilines is 1. The molecule has 154 valence electrons.